The number of anilines is 1. The van der Waals surface area contributed by atoms with E-state index in [0.29, 0.717) is 0 Å². The molecule has 0 heterocycles. The number of para-hydroxylation sites is 1. The monoisotopic (exact) mass is 193 g/mol. The van der Waals surface area contributed by atoms with Crippen LogP contribution in [0.15, 0.2) is 30.3 Å². The lowest BCUT2D eigenvalue weighted by Crippen LogP contribution is -2.41. The SMILES string of the molecule is CCC(Nc1ccccc1)C(C)(C)O. The molecule has 2 nitrogen and oxygen atoms in total. The number of hydrogen-bond donors (Lipinski definition) is 2. The van der Waals surface area contributed by atoms with Gasteiger partial charge in [-0.1, -0.05) is 25.1 Å². The predicted octanol–water partition coefficient (Wildman–Crippen LogP) is 2.65. The third kappa shape index (κ3) is 3.04. The Kier molecular flexibility index (Phi) is 3.53. The van der Waals surface area contributed by atoms with Gasteiger partial charge in [0.25, 0.3) is 0 Å². The Morgan fingerprint density at radius 1 is 1.29 bits per heavy atom. The summed E-state index contributed by atoms with van der Waals surface area (Å²) in [5.41, 5.74) is 0.367. The first-order valence-electron chi connectivity index (χ1n) is 5.08. The molecule has 1 aromatic carbocycles. The molecule has 78 valence electrons. The molecule has 0 saturated carbocycles. The molecule has 0 saturated heterocycles. The summed E-state index contributed by atoms with van der Waals surface area (Å²) in [6.45, 7) is 5.73. The lowest BCUT2D eigenvalue weighted by Gasteiger charge is -2.30. The normalized spacial score (nSPS) is 13.7. The fourth-order valence-electron chi connectivity index (χ4n) is 1.51. The highest BCUT2D eigenvalue weighted by molar-refractivity contribution is 5.43. The second-order valence-corrected chi connectivity index (χ2v) is 4.12. The van der Waals surface area contributed by atoms with Gasteiger partial charge in [-0.15, -0.1) is 0 Å². The van der Waals surface area contributed by atoms with Gasteiger partial charge in [0.1, 0.15) is 0 Å². The first-order chi connectivity index (χ1) is 6.54. The predicted molar refractivity (Wildman–Crippen MR) is 60.4 cm³/mol. The van der Waals surface area contributed by atoms with Crippen molar-refractivity contribution in [2.45, 2.75) is 38.8 Å². The van der Waals surface area contributed by atoms with Gasteiger partial charge in [0.2, 0.25) is 0 Å². The Hall–Kier alpha value is -1.02. The zero-order valence-corrected chi connectivity index (χ0v) is 9.12. The fraction of sp³-hybridized carbons (Fsp3) is 0.500. The Morgan fingerprint density at radius 2 is 1.86 bits per heavy atom. The molecule has 0 aromatic heterocycles. The van der Waals surface area contributed by atoms with Gasteiger partial charge < -0.3 is 10.4 Å². The molecule has 0 aliphatic carbocycles. The maximum Gasteiger partial charge on any atom is 0.0791 e. The molecule has 0 spiro atoms. The van der Waals surface area contributed by atoms with Crippen molar-refractivity contribution >= 4 is 5.69 Å². The average Bonchev–Trinajstić information content (AvgIpc) is 2.14. The van der Waals surface area contributed by atoms with E-state index in [1.165, 1.54) is 0 Å². The summed E-state index contributed by atoms with van der Waals surface area (Å²) in [6, 6.07) is 10.1. The van der Waals surface area contributed by atoms with E-state index in [4.69, 9.17) is 0 Å². The Bertz CT molecular complexity index is 263. The molecule has 1 unspecified atom stereocenters. The largest absolute Gasteiger partial charge is 0.388 e. The molecule has 0 bridgehead atoms. The van der Waals surface area contributed by atoms with Gasteiger partial charge in [0, 0.05) is 5.69 Å². The summed E-state index contributed by atoms with van der Waals surface area (Å²) in [5.74, 6) is 0. The van der Waals surface area contributed by atoms with Crippen LogP contribution in [0.4, 0.5) is 5.69 Å². The zero-order valence-electron chi connectivity index (χ0n) is 9.12. The van der Waals surface area contributed by atoms with E-state index in [-0.39, 0.29) is 6.04 Å². The summed E-state index contributed by atoms with van der Waals surface area (Å²) in [7, 11) is 0. The number of aliphatic hydroxyl groups is 1. The van der Waals surface area contributed by atoms with Crippen LogP contribution in [0.1, 0.15) is 27.2 Å². The van der Waals surface area contributed by atoms with E-state index in [0.717, 1.165) is 12.1 Å². The van der Waals surface area contributed by atoms with Gasteiger partial charge in [0.15, 0.2) is 0 Å². The first-order valence-corrected chi connectivity index (χ1v) is 5.08. The van der Waals surface area contributed by atoms with Crippen molar-refractivity contribution in [3.8, 4) is 0 Å². The van der Waals surface area contributed by atoms with Crippen LogP contribution >= 0.6 is 0 Å². The van der Waals surface area contributed by atoms with Gasteiger partial charge in [-0.3, -0.25) is 0 Å². The third-order valence-electron chi connectivity index (χ3n) is 2.38. The molecule has 2 heteroatoms. The number of hydrogen-bond acceptors (Lipinski definition) is 2. The van der Waals surface area contributed by atoms with Crippen LogP contribution in [-0.4, -0.2) is 16.7 Å². The van der Waals surface area contributed by atoms with Crippen molar-refractivity contribution in [2.24, 2.45) is 0 Å². The topological polar surface area (TPSA) is 32.3 Å². The molecule has 0 aliphatic heterocycles. The molecule has 0 fully saturated rings. The maximum atomic E-state index is 9.88. The summed E-state index contributed by atoms with van der Waals surface area (Å²) in [4.78, 5) is 0. The van der Waals surface area contributed by atoms with Crippen molar-refractivity contribution in [3.63, 3.8) is 0 Å². The summed E-state index contributed by atoms with van der Waals surface area (Å²) >= 11 is 0. The number of benzene rings is 1. The molecule has 14 heavy (non-hydrogen) atoms. The average molecular weight is 193 g/mol. The molecule has 0 aliphatic rings. The van der Waals surface area contributed by atoms with Crippen molar-refractivity contribution in [1.82, 2.24) is 0 Å². The molecular formula is C12H19NO. The van der Waals surface area contributed by atoms with E-state index in [1.54, 1.807) is 0 Å². The molecule has 2 N–H and O–H groups in total. The van der Waals surface area contributed by atoms with Gasteiger partial charge in [-0.05, 0) is 32.4 Å². The minimum absolute atomic E-state index is 0.0879. The third-order valence-corrected chi connectivity index (χ3v) is 2.38. The van der Waals surface area contributed by atoms with Crippen LogP contribution in [0.5, 0.6) is 0 Å². The van der Waals surface area contributed by atoms with Gasteiger partial charge in [-0.25, -0.2) is 0 Å². The van der Waals surface area contributed by atoms with Crippen LogP contribution in [0.25, 0.3) is 0 Å². The Labute approximate surface area is 86.0 Å². The minimum Gasteiger partial charge on any atom is -0.388 e. The van der Waals surface area contributed by atoms with Crippen LogP contribution < -0.4 is 5.32 Å². The first kappa shape index (κ1) is 11.1. The van der Waals surface area contributed by atoms with Gasteiger partial charge in [0.05, 0.1) is 11.6 Å². The van der Waals surface area contributed by atoms with Crippen molar-refractivity contribution in [3.05, 3.63) is 30.3 Å². The quantitative estimate of drug-likeness (QED) is 0.770. The standard InChI is InChI=1S/C12H19NO/c1-4-11(12(2,3)14)13-10-8-6-5-7-9-10/h5-9,11,13-14H,4H2,1-3H3. The molecule has 0 amide bonds. The van der Waals surface area contributed by atoms with Crippen molar-refractivity contribution in [2.75, 3.05) is 5.32 Å². The van der Waals surface area contributed by atoms with E-state index >= 15 is 0 Å². The lowest BCUT2D eigenvalue weighted by molar-refractivity contribution is 0.0579. The molecule has 1 rings (SSSR count). The molecule has 1 aromatic rings. The highest BCUT2D eigenvalue weighted by Gasteiger charge is 2.24. The second kappa shape index (κ2) is 4.47. The lowest BCUT2D eigenvalue weighted by atomic mass is 9.96. The summed E-state index contributed by atoms with van der Waals surface area (Å²) in [6.07, 6.45) is 0.901. The maximum absolute atomic E-state index is 9.88. The van der Waals surface area contributed by atoms with Crippen LogP contribution in [-0.2, 0) is 0 Å². The van der Waals surface area contributed by atoms with E-state index in [9.17, 15) is 5.11 Å². The highest BCUT2D eigenvalue weighted by atomic mass is 16.3. The Balaban J connectivity index is 2.67. The zero-order chi connectivity index (χ0) is 10.6. The van der Waals surface area contributed by atoms with Crippen molar-refractivity contribution in [1.29, 1.82) is 0 Å². The fourth-order valence-corrected chi connectivity index (χ4v) is 1.51. The van der Waals surface area contributed by atoms with Crippen molar-refractivity contribution < 1.29 is 5.11 Å². The highest BCUT2D eigenvalue weighted by Crippen LogP contribution is 2.17. The van der Waals surface area contributed by atoms with E-state index in [2.05, 4.69) is 12.2 Å². The number of rotatable bonds is 4. The van der Waals surface area contributed by atoms with Gasteiger partial charge >= 0.3 is 0 Å². The van der Waals surface area contributed by atoms with Crippen LogP contribution in [0.2, 0.25) is 0 Å². The minimum atomic E-state index is -0.690. The van der Waals surface area contributed by atoms with E-state index in [1.807, 2.05) is 44.2 Å². The van der Waals surface area contributed by atoms with Gasteiger partial charge in [-0.2, -0.15) is 0 Å². The summed E-state index contributed by atoms with van der Waals surface area (Å²) < 4.78 is 0. The smallest absolute Gasteiger partial charge is 0.0791 e. The van der Waals surface area contributed by atoms with E-state index < -0.39 is 5.60 Å². The molecule has 0 radical (unpaired) electrons. The molecular weight excluding hydrogens is 174 g/mol. The Morgan fingerprint density at radius 3 is 2.29 bits per heavy atom. The second-order valence-electron chi connectivity index (χ2n) is 4.12. The number of nitrogens with one attached hydrogen (secondary N) is 1. The summed E-state index contributed by atoms with van der Waals surface area (Å²) in [5, 5.41) is 13.2. The molecule has 1 atom stereocenters. The van der Waals surface area contributed by atoms with Crippen LogP contribution in [0.3, 0.4) is 0 Å². The van der Waals surface area contributed by atoms with Crippen LogP contribution in [0, 0.1) is 0 Å².